The molecule has 3 heteroatoms. The zero-order chi connectivity index (χ0) is 18.5. The highest BCUT2D eigenvalue weighted by Gasteiger charge is 2.08. The van der Waals surface area contributed by atoms with Crippen LogP contribution in [0.2, 0.25) is 0 Å². The fourth-order valence-electron chi connectivity index (χ4n) is 3.25. The van der Waals surface area contributed by atoms with Gasteiger partial charge in [-0.2, -0.15) is 4.57 Å². The minimum absolute atomic E-state index is 0.497. The van der Waals surface area contributed by atoms with E-state index in [-0.39, 0.29) is 0 Å². The highest BCUT2D eigenvalue weighted by Crippen LogP contribution is 2.17. The molecule has 0 spiro atoms. The second kappa shape index (κ2) is 8.00. The van der Waals surface area contributed by atoms with Gasteiger partial charge in [0.05, 0.1) is 0 Å². The molecule has 27 heavy (non-hydrogen) atoms. The van der Waals surface area contributed by atoms with Gasteiger partial charge < -0.3 is 5.32 Å². The molecule has 2 aromatic heterocycles. The molecule has 0 atom stereocenters. The van der Waals surface area contributed by atoms with Crippen LogP contribution in [-0.2, 0) is 6.54 Å². The zero-order valence-electron chi connectivity index (χ0n) is 15.6. The summed E-state index contributed by atoms with van der Waals surface area (Å²) in [6, 6.07) is 17.2. The normalized spacial score (nSPS) is 13.2. The largest absolute Gasteiger partial charge is 0.384 e. The van der Waals surface area contributed by atoms with Crippen molar-refractivity contribution in [1.82, 2.24) is 0 Å². The van der Waals surface area contributed by atoms with Crippen molar-refractivity contribution in [2.24, 2.45) is 5.92 Å². The van der Waals surface area contributed by atoms with Gasteiger partial charge in [0.15, 0.2) is 24.8 Å². The second-order valence-electron chi connectivity index (χ2n) is 6.77. The molecule has 3 nitrogen and oxygen atoms in total. The van der Waals surface area contributed by atoms with Crippen LogP contribution < -0.4 is 14.5 Å². The van der Waals surface area contributed by atoms with Crippen LogP contribution in [-0.4, -0.2) is 6.54 Å². The maximum atomic E-state index is 3.49. The number of aromatic nitrogens is 2. The molecule has 4 rings (SSSR count). The Hall–Kier alpha value is -3.20. The van der Waals surface area contributed by atoms with E-state index >= 15 is 0 Å². The van der Waals surface area contributed by atoms with E-state index in [2.05, 4.69) is 119 Å². The van der Waals surface area contributed by atoms with Crippen LogP contribution >= 0.6 is 0 Å². The number of rotatable bonds is 6. The molecule has 0 saturated heterocycles. The van der Waals surface area contributed by atoms with Crippen molar-refractivity contribution in [2.75, 3.05) is 11.9 Å². The number of hydrogen-bond acceptors (Lipinski definition) is 1. The molecule has 0 amide bonds. The first kappa shape index (κ1) is 17.2. The molecule has 3 aromatic rings. The number of benzene rings is 1. The number of nitrogens with zero attached hydrogens (tertiary/aromatic N) is 2. The SMILES string of the molecule is CC[n+]1ccc(-c2cc[n+](-c3ccc(NCC4C=CC=C4)cc3)cc2)cc1. The number of allylic oxidation sites excluding steroid dienone is 2. The topological polar surface area (TPSA) is 19.8 Å². The molecule has 0 fully saturated rings. The average Bonchev–Trinajstić information content (AvgIpc) is 3.27. The predicted molar refractivity (Wildman–Crippen MR) is 110 cm³/mol. The average molecular weight is 355 g/mol. The summed E-state index contributed by atoms with van der Waals surface area (Å²) < 4.78 is 4.31. The highest BCUT2D eigenvalue weighted by molar-refractivity contribution is 5.61. The number of pyridine rings is 2. The highest BCUT2D eigenvalue weighted by atomic mass is 14.9. The van der Waals surface area contributed by atoms with Gasteiger partial charge in [0.25, 0.3) is 0 Å². The van der Waals surface area contributed by atoms with Crippen LogP contribution in [0.1, 0.15) is 6.92 Å². The Bertz CT molecular complexity index is 924. The molecule has 134 valence electrons. The zero-order valence-corrected chi connectivity index (χ0v) is 15.6. The van der Waals surface area contributed by atoms with E-state index in [0.29, 0.717) is 5.92 Å². The predicted octanol–water partition coefficient (Wildman–Crippen LogP) is 4.09. The lowest BCUT2D eigenvalue weighted by Crippen LogP contribution is -2.30. The smallest absolute Gasteiger partial charge is 0.210 e. The Morgan fingerprint density at radius 3 is 1.96 bits per heavy atom. The van der Waals surface area contributed by atoms with Crippen LogP contribution in [0.25, 0.3) is 16.8 Å². The molecule has 0 saturated carbocycles. The van der Waals surface area contributed by atoms with Gasteiger partial charge in [0.2, 0.25) is 5.69 Å². The van der Waals surface area contributed by atoms with Crippen molar-refractivity contribution in [3.63, 3.8) is 0 Å². The summed E-state index contributed by atoms with van der Waals surface area (Å²) in [6.07, 6.45) is 17.1. The lowest BCUT2D eigenvalue weighted by molar-refractivity contribution is -0.693. The lowest BCUT2D eigenvalue weighted by atomic mass is 10.1. The third kappa shape index (κ3) is 4.14. The molecule has 0 unspecified atom stereocenters. The van der Waals surface area contributed by atoms with Gasteiger partial charge in [0.1, 0.15) is 6.54 Å². The Morgan fingerprint density at radius 2 is 1.37 bits per heavy atom. The standard InChI is InChI=1S/C24H24N3/c1-2-26-15-11-21(12-16-26)22-13-17-27(18-14-22)24-9-7-23(8-10-24)25-19-20-5-3-4-6-20/h3-18,20H,2,19H2,1H3/q+1/p+1. The van der Waals surface area contributed by atoms with E-state index in [1.54, 1.807) is 0 Å². The summed E-state index contributed by atoms with van der Waals surface area (Å²) in [5, 5.41) is 3.49. The van der Waals surface area contributed by atoms with Gasteiger partial charge in [-0.3, -0.25) is 0 Å². The van der Waals surface area contributed by atoms with Crippen LogP contribution in [0.15, 0.2) is 97.6 Å². The summed E-state index contributed by atoms with van der Waals surface area (Å²) in [6.45, 7) is 4.08. The Morgan fingerprint density at radius 1 is 0.778 bits per heavy atom. The lowest BCUT2D eigenvalue weighted by Gasteiger charge is -2.09. The molecular weight excluding hydrogens is 330 g/mol. The first-order valence-electron chi connectivity index (χ1n) is 9.52. The van der Waals surface area contributed by atoms with Crippen LogP contribution in [0.5, 0.6) is 0 Å². The van der Waals surface area contributed by atoms with Gasteiger partial charge in [-0.05, 0) is 30.2 Å². The third-order valence-corrected chi connectivity index (χ3v) is 4.95. The quantitative estimate of drug-likeness (QED) is 0.660. The van der Waals surface area contributed by atoms with Crippen molar-refractivity contribution in [1.29, 1.82) is 0 Å². The summed E-state index contributed by atoms with van der Waals surface area (Å²) in [4.78, 5) is 0. The summed E-state index contributed by atoms with van der Waals surface area (Å²) in [5.74, 6) is 0.497. The number of anilines is 1. The molecule has 1 aromatic carbocycles. The van der Waals surface area contributed by atoms with E-state index in [1.807, 2.05) is 0 Å². The van der Waals surface area contributed by atoms with Crippen molar-refractivity contribution >= 4 is 5.69 Å². The number of aryl methyl sites for hydroxylation is 1. The molecule has 1 aliphatic rings. The Labute approximate surface area is 160 Å². The maximum absolute atomic E-state index is 3.49. The van der Waals surface area contributed by atoms with Crippen LogP contribution in [0, 0.1) is 5.92 Å². The molecular formula is C24H25N3+2. The number of hydrogen-bond donors (Lipinski definition) is 1. The van der Waals surface area contributed by atoms with Gasteiger partial charge in [-0.1, -0.05) is 24.3 Å². The van der Waals surface area contributed by atoms with E-state index in [0.717, 1.165) is 24.5 Å². The molecule has 2 heterocycles. The van der Waals surface area contributed by atoms with Crippen molar-refractivity contribution in [3.05, 3.63) is 97.6 Å². The third-order valence-electron chi connectivity index (χ3n) is 4.95. The fourth-order valence-corrected chi connectivity index (χ4v) is 3.25. The van der Waals surface area contributed by atoms with E-state index < -0.39 is 0 Å². The molecule has 1 aliphatic carbocycles. The maximum Gasteiger partial charge on any atom is 0.210 e. The first-order chi connectivity index (χ1) is 13.3. The van der Waals surface area contributed by atoms with Gasteiger partial charge in [-0.25, -0.2) is 4.57 Å². The van der Waals surface area contributed by atoms with Crippen LogP contribution in [0.3, 0.4) is 0 Å². The minimum Gasteiger partial charge on any atom is -0.384 e. The minimum atomic E-state index is 0.497. The van der Waals surface area contributed by atoms with E-state index in [1.165, 1.54) is 11.1 Å². The van der Waals surface area contributed by atoms with E-state index in [9.17, 15) is 0 Å². The fraction of sp³-hybridized carbons (Fsp3) is 0.167. The van der Waals surface area contributed by atoms with Crippen molar-refractivity contribution in [3.8, 4) is 16.8 Å². The van der Waals surface area contributed by atoms with E-state index in [4.69, 9.17) is 0 Å². The summed E-state index contributed by atoms with van der Waals surface area (Å²) >= 11 is 0. The first-order valence-corrected chi connectivity index (χ1v) is 9.52. The molecule has 0 radical (unpaired) electrons. The number of nitrogens with one attached hydrogen (secondary N) is 1. The Kier molecular flexibility index (Phi) is 5.10. The summed E-state index contributed by atoms with van der Waals surface area (Å²) in [5.41, 5.74) is 4.77. The van der Waals surface area contributed by atoms with Gasteiger partial charge in [0, 0.05) is 54.5 Å². The van der Waals surface area contributed by atoms with Gasteiger partial charge in [-0.15, -0.1) is 0 Å². The molecule has 0 bridgehead atoms. The van der Waals surface area contributed by atoms with Gasteiger partial charge >= 0.3 is 0 Å². The van der Waals surface area contributed by atoms with Crippen molar-refractivity contribution in [2.45, 2.75) is 13.5 Å². The monoisotopic (exact) mass is 355 g/mol. The molecule has 0 aliphatic heterocycles. The second-order valence-corrected chi connectivity index (χ2v) is 6.77. The summed E-state index contributed by atoms with van der Waals surface area (Å²) in [7, 11) is 0. The Balaban J connectivity index is 1.43. The molecule has 1 N–H and O–H groups in total. The van der Waals surface area contributed by atoms with Crippen LogP contribution in [0.4, 0.5) is 5.69 Å². The van der Waals surface area contributed by atoms with Crippen molar-refractivity contribution < 1.29 is 9.13 Å².